The lowest BCUT2D eigenvalue weighted by Gasteiger charge is -2.08. The molecule has 0 heterocycles. The van der Waals surface area contributed by atoms with Crippen LogP contribution in [0.25, 0.3) is 0 Å². The Hall–Kier alpha value is -2.67. The number of hydrogen-bond acceptors (Lipinski definition) is 4. The van der Waals surface area contributed by atoms with Crippen LogP contribution in [-0.4, -0.2) is 15.9 Å². The first kappa shape index (κ1) is 14.7. The van der Waals surface area contributed by atoms with Crippen molar-refractivity contribution >= 4 is 28.9 Å². The molecule has 2 aromatic carbocycles. The Labute approximate surface area is 122 Å². The Morgan fingerprint density at radius 2 is 2.00 bits per heavy atom. The zero-order chi connectivity index (χ0) is 15.6. The first-order valence-corrected chi connectivity index (χ1v) is 6.00. The summed E-state index contributed by atoms with van der Waals surface area (Å²) in [7, 11) is 0. The number of non-ortho nitro benzene ring substituents is 1. The zero-order valence-electron chi connectivity index (χ0n) is 10.3. The van der Waals surface area contributed by atoms with E-state index in [1.807, 2.05) is 0 Å². The Balaban J connectivity index is 2.31. The molecule has 0 fully saturated rings. The molecule has 0 atom stereocenters. The van der Waals surface area contributed by atoms with Crippen LogP contribution in [0.1, 0.15) is 10.4 Å². The molecule has 2 aromatic rings. The van der Waals surface area contributed by atoms with Crippen LogP contribution in [0.3, 0.4) is 0 Å². The zero-order valence-corrected chi connectivity index (χ0v) is 11.1. The van der Waals surface area contributed by atoms with Gasteiger partial charge < -0.3 is 10.4 Å². The molecule has 1 amide bonds. The Morgan fingerprint density at radius 3 is 2.62 bits per heavy atom. The maximum atomic E-state index is 13.6. The number of hydrogen-bond donors (Lipinski definition) is 2. The van der Waals surface area contributed by atoms with Gasteiger partial charge in [-0.2, -0.15) is 0 Å². The minimum atomic E-state index is -0.831. The number of nitro groups is 1. The average molecular weight is 311 g/mol. The van der Waals surface area contributed by atoms with E-state index in [9.17, 15) is 24.4 Å². The third-order valence-electron chi connectivity index (χ3n) is 2.61. The maximum Gasteiger partial charge on any atom is 0.271 e. The van der Waals surface area contributed by atoms with E-state index in [2.05, 4.69) is 5.32 Å². The summed E-state index contributed by atoms with van der Waals surface area (Å²) in [5.74, 6) is -2.03. The highest BCUT2D eigenvalue weighted by Crippen LogP contribution is 2.25. The van der Waals surface area contributed by atoms with Gasteiger partial charge in [0.05, 0.1) is 16.2 Å². The van der Waals surface area contributed by atoms with Crippen molar-refractivity contribution in [2.24, 2.45) is 0 Å². The van der Waals surface area contributed by atoms with E-state index in [4.69, 9.17) is 11.6 Å². The number of amides is 1. The van der Waals surface area contributed by atoms with E-state index in [0.29, 0.717) is 0 Å². The van der Waals surface area contributed by atoms with Crippen LogP contribution in [0.15, 0.2) is 36.4 Å². The lowest BCUT2D eigenvalue weighted by Crippen LogP contribution is -2.13. The van der Waals surface area contributed by atoms with Gasteiger partial charge in [0.2, 0.25) is 0 Å². The van der Waals surface area contributed by atoms with Gasteiger partial charge in [-0.25, -0.2) is 4.39 Å². The van der Waals surface area contributed by atoms with Crippen LogP contribution in [0.5, 0.6) is 5.75 Å². The molecule has 0 aromatic heterocycles. The number of phenolic OH excluding ortho intramolecular Hbond substituents is 1. The van der Waals surface area contributed by atoms with Gasteiger partial charge in [0, 0.05) is 17.2 Å². The Bertz CT molecular complexity index is 736. The third kappa shape index (κ3) is 3.26. The SMILES string of the molecule is O=C(Nc1cc([N+](=O)[O-])ccc1F)c1ccc(Cl)cc1O. The summed E-state index contributed by atoms with van der Waals surface area (Å²) in [4.78, 5) is 21.8. The topological polar surface area (TPSA) is 92.5 Å². The van der Waals surface area contributed by atoms with E-state index >= 15 is 0 Å². The van der Waals surface area contributed by atoms with Crippen molar-refractivity contribution in [2.45, 2.75) is 0 Å². The second kappa shape index (κ2) is 5.76. The largest absolute Gasteiger partial charge is 0.507 e. The number of phenols is 1. The summed E-state index contributed by atoms with van der Waals surface area (Å²) in [6.07, 6.45) is 0. The summed E-state index contributed by atoms with van der Waals surface area (Å²) >= 11 is 5.64. The van der Waals surface area contributed by atoms with E-state index in [0.717, 1.165) is 24.3 Å². The van der Waals surface area contributed by atoms with Gasteiger partial charge in [-0.3, -0.25) is 14.9 Å². The van der Waals surface area contributed by atoms with Crippen LogP contribution < -0.4 is 5.32 Å². The average Bonchev–Trinajstić information content (AvgIpc) is 2.40. The number of rotatable bonds is 3. The highest BCUT2D eigenvalue weighted by Gasteiger charge is 2.16. The van der Waals surface area contributed by atoms with Crippen LogP contribution in [0, 0.1) is 15.9 Å². The second-order valence-corrected chi connectivity index (χ2v) is 4.47. The van der Waals surface area contributed by atoms with Gasteiger partial charge in [-0.05, 0) is 24.3 Å². The molecule has 2 N–H and O–H groups in total. The lowest BCUT2D eigenvalue weighted by atomic mass is 10.1. The molecule has 0 unspecified atom stereocenters. The van der Waals surface area contributed by atoms with Crippen LogP contribution in [0.2, 0.25) is 5.02 Å². The van der Waals surface area contributed by atoms with Crippen LogP contribution in [0.4, 0.5) is 15.8 Å². The number of halogens is 2. The number of nitro benzene ring substituents is 1. The molecule has 0 spiro atoms. The summed E-state index contributed by atoms with van der Waals surface area (Å²) in [6.45, 7) is 0. The maximum absolute atomic E-state index is 13.6. The summed E-state index contributed by atoms with van der Waals surface area (Å²) in [5.41, 5.74) is -0.860. The molecule has 0 aliphatic rings. The van der Waals surface area contributed by atoms with Crippen LogP contribution >= 0.6 is 11.6 Å². The molecular weight excluding hydrogens is 303 g/mol. The molecule has 0 saturated heterocycles. The summed E-state index contributed by atoms with van der Waals surface area (Å²) in [6, 6.07) is 6.52. The molecule has 0 saturated carbocycles. The van der Waals surface area contributed by atoms with Crippen LogP contribution in [-0.2, 0) is 0 Å². The molecule has 0 aliphatic carbocycles. The number of aromatic hydroxyl groups is 1. The fourth-order valence-corrected chi connectivity index (χ4v) is 1.78. The van der Waals surface area contributed by atoms with E-state index < -0.39 is 16.6 Å². The molecule has 0 aliphatic heterocycles. The molecule has 108 valence electrons. The van der Waals surface area contributed by atoms with E-state index in [1.54, 1.807) is 0 Å². The van der Waals surface area contributed by atoms with Crippen molar-refractivity contribution in [1.29, 1.82) is 0 Å². The van der Waals surface area contributed by atoms with Crippen molar-refractivity contribution in [1.82, 2.24) is 0 Å². The number of benzene rings is 2. The summed E-state index contributed by atoms with van der Waals surface area (Å²) < 4.78 is 13.6. The number of carbonyl (C=O) groups excluding carboxylic acids is 1. The molecule has 0 bridgehead atoms. The van der Waals surface area contributed by atoms with Gasteiger partial charge in [-0.1, -0.05) is 11.6 Å². The molecule has 8 heteroatoms. The lowest BCUT2D eigenvalue weighted by molar-refractivity contribution is -0.384. The predicted octanol–water partition coefficient (Wildman–Crippen LogP) is 3.35. The normalized spacial score (nSPS) is 10.2. The fourth-order valence-electron chi connectivity index (χ4n) is 1.61. The van der Waals surface area contributed by atoms with Crippen molar-refractivity contribution in [3.05, 3.63) is 62.9 Å². The highest BCUT2D eigenvalue weighted by atomic mass is 35.5. The van der Waals surface area contributed by atoms with Gasteiger partial charge in [-0.15, -0.1) is 0 Å². The monoisotopic (exact) mass is 310 g/mol. The molecule has 2 rings (SSSR count). The van der Waals surface area contributed by atoms with Crippen molar-refractivity contribution in [3.63, 3.8) is 0 Å². The standard InChI is InChI=1S/C13H8ClFN2O4/c14-7-1-3-9(12(18)5-7)13(19)16-11-6-8(17(20)21)2-4-10(11)15/h1-6,18H,(H,16,19). The van der Waals surface area contributed by atoms with Gasteiger partial charge in [0.15, 0.2) is 0 Å². The van der Waals surface area contributed by atoms with E-state index in [1.165, 1.54) is 12.1 Å². The third-order valence-corrected chi connectivity index (χ3v) is 2.85. The molecule has 6 nitrogen and oxygen atoms in total. The number of carbonyl (C=O) groups is 1. The Kier molecular flexibility index (Phi) is 4.04. The number of anilines is 1. The second-order valence-electron chi connectivity index (χ2n) is 4.04. The van der Waals surface area contributed by atoms with E-state index in [-0.39, 0.29) is 27.7 Å². The van der Waals surface area contributed by atoms with Crippen molar-refractivity contribution in [2.75, 3.05) is 5.32 Å². The first-order chi connectivity index (χ1) is 9.88. The Morgan fingerprint density at radius 1 is 1.29 bits per heavy atom. The number of nitrogens with one attached hydrogen (secondary N) is 1. The van der Waals surface area contributed by atoms with Gasteiger partial charge in [0.1, 0.15) is 11.6 Å². The minimum Gasteiger partial charge on any atom is -0.507 e. The fraction of sp³-hybridized carbons (Fsp3) is 0. The van der Waals surface area contributed by atoms with Crippen molar-refractivity contribution < 1.29 is 19.2 Å². The molecular formula is C13H8ClFN2O4. The predicted molar refractivity (Wildman–Crippen MR) is 74.1 cm³/mol. The van der Waals surface area contributed by atoms with Gasteiger partial charge in [0.25, 0.3) is 11.6 Å². The minimum absolute atomic E-state index is 0.134. The quantitative estimate of drug-likeness (QED) is 0.671. The van der Waals surface area contributed by atoms with Gasteiger partial charge >= 0.3 is 0 Å². The molecule has 21 heavy (non-hydrogen) atoms. The smallest absolute Gasteiger partial charge is 0.271 e. The van der Waals surface area contributed by atoms with Crippen molar-refractivity contribution in [3.8, 4) is 5.75 Å². The summed E-state index contributed by atoms with van der Waals surface area (Å²) in [5, 5.41) is 22.6. The highest BCUT2D eigenvalue weighted by molar-refractivity contribution is 6.31. The number of nitrogens with zero attached hydrogens (tertiary/aromatic N) is 1. The first-order valence-electron chi connectivity index (χ1n) is 5.62. The molecule has 0 radical (unpaired) electrons.